The van der Waals surface area contributed by atoms with E-state index in [1.165, 1.54) is 4.68 Å². The molecule has 83 valence electrons. The Morgan fingerprint density at radius 2 is 2.18 bits per heavy atom. The maximum absolute atomic E-state index is 9.80. The van der Waals surface area contributed by atoms with Gasteiger partial charge in [0.05, 0.1) is 16.6 Å². The second-order valence-electron chi connectivity index (χ2n) is 3.68. The van der Waals surface area contributed by atoms with Crippen LogP contribution < -0.4 is 0 Å². The summed E-state index contributed by atoms with van der Waals surface area (Å²) in [4.78, 5) is 8.32. The van der Waals surface area contributed by atoms with Crippen molar-refractivity contribution in [1.82, 2.24) is 19.7 Å². The normalized spacial score (nSPS) is 10.9. The van der Waals surface area contributed by atoms with Crippen LogP contribution in [-0.2, 0) is 0 Å². The van der Waals surface area contributed by atoms with Gasteiger partial charge in [0.25, 0.3) is 5.95 Å². The van der Waals surface area contributed by atoms with Gasteiger partial charge in [-0.3, -0.25) is 0 Å². The molecule has 0 amide bonds. The zero-order valence-electron chi connectivity index (χ0n) is 9.12. The second kappa shape index (κ2) is 3.55. The summed E-state index contributed by atoms with van der Waals surface area (Å²) >= 11 is 0. The Morgan fingerprint density at radius 1 is 1.29 bits per heavy atom. The molecule has 0 bridgehead atoms. The van der Waals surface area contributed by atoms with Crippen LogP contribution in [-0.4, -0.2) is 24.9 Å². The lowest BCUT2D eigenvalue weighted by molar-refractivity contribution is 0.457. The minimum Gasteiger partial charge on any atom is -0.493 e. The maximum atomic E-state index is 9.80. The van der Waals surface area contributed by atoms with Gasteiger partial charge >= 0.3 is 0 Å². The molecule has 1 radical (unpaired) electrons. The zero-order chi connectivity index (χ0) is 11.8. The Labute approximate surface area is 97.4 Å². The SMILES string of the molecule is Cc1ccn(-c2nc(O)c3[c]cccc3n2)n1. The minimum atomic E-state index is -0.0845. The van der Waals surface area contributed by atoms with Crippen molar-refractivity contribution in [3.8, 4) is 11.8 Å². The Bertz CT molecular complexity index is 690. The Morgan fingerprint density at radius 3 is 2.94 bits per heavy atom. The van der Waals surface area contributed by atoms with Crippen LogP contribution in [0.2, 0.25) is 0 Å². The molecule has 0 unspecified atom stereocenters. The number of aromatic hydroxyl groups is 1. The highest BCUT2D eigenvalue weighted by atomic mass is 16.3. The number of hydrogen-bond acceptors (Lipinski definition) is 4. The molecule has 0 saturated heterocycles. The van der Waals surface area contributed by atoms with Crippen molar-refractivity contribution in [2.45, 2.75) is 6.92 Å². The molecule has 17 heavy (non-hydrogen) atoms. The van der Waals surface area contributed by atoms with Crippen LogP contribution in [0.25, 0.3) is 16.9 Å². The van der Waals surface area contributed by atoms with Crippen LogP contribution in [0, 0.1) is 13.0 Å². The maximum Gasteiger partial charge on any atom is 0.254 e. The molecular formula is C12H9N4O. The number of aryl methyl sites for hydroxylation is 1. The van der Waals surface area contributed by atoms with Crippen molar-refractivity contribution >= 4 is 10.9 Å². The van der Waals surface area contributed by atoms with E-state index in [9.17, 15) is 5.11 Å². The molecule has 0 atom stereocenters. The standard InChI is InChI=1S/C12H9N4O/c1-8-6-7-16(15-8)12-13-10-5-3-2-4-9(10)11(17)14-12/h2-3,5-7H,1H3,(H,13,14,17). The molecule has 5 heteroatoms. The van der Waals surface area contributed by atoms with Gasteiger partial charge < -0.3 is 5.11 Å². The molecule has 2 heterocycles. The molecule has 3 aromatic rings. The number of rotatable bonds is 1. The summed E-state index contributed by atoms with van der Waals surface area (Å²) in [6, 6.07) is 10.1. The number of aromatic nitrogens is 4. The number of nitrogens with zero attached hydrogens (tertiary/aromatic N) is 4. The molecular weight excluding hydrogens is 216 g/mol. The number of benzene rings is 1. The third-order valence-corrected chi connectivity index (χ3v) is 2.41. The van der Waals surface area contributed by atoms with E-state index in [1.807, 2.05) is 19.1 Å². The van der Waals surface area contributed by atoms with Crippen LogP contribution in [0.1, 0.15) is 5.69 Å². The van der Waals surface area contributed by atoms with Crippen LogP contribution in [0.3, 0.4) is 0 Å². The smallest absolute Gasteiger partial charge is 0.254 e. The molecule has 1 N–H and O–H groups in total. The summed E-state index contributed by atoms with van der Waals surface area (Å²) in [7, 11) is 0. The first-order chi connectivity index (χ1) is 8.24. The Hall–Kier alpha value is -2.43. The lowest BCUT2D eigenvalue weighted by atomic mass is 10.2. The quantitative estimate of drug-likeness (QED) is 0.683. The molecule has 0 aliphatic heterocycles. The molecule has 0 spiro atoms. The van der Waals surface area contributed by atoms with E-state index in [1.54, 1.807) is 18.3 Å². The van der Waals surface area contributed by atoms with Crippen LogP contribution >= 0.6 is 0 Å². The van der Waals surface area contributed by atoms with E-state index in [-0.39, 0.29) is 5.88 Å². The van der Waals surface area contributed by atoms with Crippen molar-refractivity contribution in [2.24, 2.45) is 0 Å². The third kappa shape index (κ3) is 1.61. The molecule has 2 aromatic heterocycles. The van der Waals surface area contributed by atoms with Gasteiger partial charge in [-0.05, 0) is 25.1 Å². The fourth-order valence-corrected chi connectivity index (χ4v) is 1.61. The van der Waals surface area contributed by atoms with E-state index in [2.05, 4.69) is 21.1 Å². The summed E-state index contributed by atoms with van der Waals surface area (Å²) < 4.78 is 1.53. The molecule has 0 saturated carbocycles. The Balaban J connectivity index is 2.25. The molecule has 0 fully saturated rings. The van der Waals surface area contributed by atoms with E-state index < -0.39 is 0 Å². The largest absolute Gasteiger partial charge is 0.493 e. The van der Waals surface area contributed by atoms with Gasteiger partial charge in [0, 0.05) is 6.20 Å². The van der Waals surface area contributed by atoms with Gasteiger partial charge in [-0.15, -0.1) is 0 Å². The summed E-state index contributed by atoms with van der Waals surface area (Å²) in [5, 5.41) is 14.5. The number of hydrogen-bond donors (Lipinski definition) is 1. The lowest BCUT2D eigenvalue weighted by Gasteiger charge is -2.03. The van der Waals surface area contributed by atoms with E-state index in [4.69, 9.17) is 0 Å². The topological polar surface area (TPSA) is 63.8 Å². The van der Waals surface area contributed by atoms with Crippen molar-refractivity contribution in [2.75, 3.05) is 0 Å². The van der Waals surface area contributed by atoms with Crippen molar-refractivity contribution in [1.29, 1.82) is 0 Å². The predicted molar refractivity (Wildman–Crippen MR) is 61.9 cm³/mol. The highest BCUT2D eigenvalue weighted by molar-refractivity contribution is 5.82. The van der Waals surface area contributed by atoms with Crippen LogP contribution in [0.5, 0.6) is 5.88 Å². The fraction of sp³-hybridized carbons (Fsp3) is 0.0833. The van der Waals surface area contributed by atoms with Crippen LogP contribution in [0.4, 0.5) is 0 Å². The van der Waals surface area contributed by atoms with Gasteiger partial charge in [-0.1, -0.05) is 12.1 Å². The monoisotopic (exact) mass is 225 g/mol. The molecule has 3 rings (SSSR count). The molecule has 1 aromatic carbocycles. The van der Waals surface area contributed by atoms with Gasteiger partial charge in [-0.2, -0.15) is 10.1 Å². The average molecular weight is 225 g/mol. The minimum absolute atomic E-state index is 0.0845. The van der Waals surface area contributed by atoms with E-state index in [0.29, 0.717) is 16.9 Å². The fourth-order valence-electron chi connectivity index (χ4n) is 1.61. The highest BCUT2D eigenvalue weighted by Crippen LogP contribution is 2.21. The van der Waals surface area contributed by atoms with E-state index >= 15 is 0 Å². The van der Waals surface area contributed by atoms with Gasteiger partial charge in [0.1, 0.15) is 0 Å². The third-order valence-electron chi connectivity index (χ3n) is 2.41. The average Bonchev–Trinajstić information content (AvgIpc) is 2.76. The molecule has 5 nitrogen and oxygen atoms in total. The zero-order valence-corrected chi connectivity index (χ0v) is 9.12. The van der Waals surface area contributed by atoms with Gasteiger partial charge in [-0.25, -0.2) is 9.67 Å². The van der Waals surface area contributed by atoms with Gasteiger partial charge in [0.2, 0.25) is 5.88 Å². The summed E-state index contributed by atoms with van der Waals surface area (Å²) in [5.41, 5.74) is 1.51. The van der Waals surface area contributed by atoms with Crippen molar-refractivity contribution < 1.29 is 5.11 Å². The first-order valence-electron chi connectivity index (χ1n) is 5.14. The summed E-state index contributed by atoms with van der Waals surface area (Å²) in [6.07, 6.45) is 1.75. The lowest BCUT2D eigenvalue weighted by Crippen LogP contribution is -2.02. The first-order valence-corrected chi connectivity index (χ1v) is 5.14. The Kier molecular flexibility index (Phi) is 2.04. The van der Waals surface area contributed by atoms with Crippen LogP contribution in [0.15, 0.2) is 30.5 Å². The predicted octanol–water partition coefficient (Wildman–Crippen LogP) is 1.63. The van der Waals surface area contributed by atoms with E-state index in [0.717, 1.165) is 5.69 Å². The van der Waals surface area contributed by atoms with Crippen molar-refractivity contribution in [3.05, 3.63) is 42.2 Å². The van der Waals surface area contributed by atoms with Gasteiger partial charge in [0.15, 0.2) is 0 Å². The highest BCUT2D eigenvalue weighted by Gasteiger charge is 2.08. The molecule has 0 aliphatic carbocycles. The summed E-state index contributed by atoms with van der Waals surface area (Å²) in [6.45, 7) is 1.88. The number of fused-ring (bicyclic) bond motifs is 1. The summed E-state index contributed by atoms with van der Waals surface area (Å²) in [5.74, 6) is 0.265. The molecule has 0 aliphatic rings. The first kappa shape index (κ1) is 9.77. The second-order valence-corrected chi connectivity index (χ2v) is 3.68. The van der Waals surface area contributed by atoms with Crippen molar-refractivity contribution in [3.63, 3.8) is 0 Å².